The van der Waals surface area contributed by atoms with Crippen molar-refractivity contribution >= 4 is 34.1 Å². The number of aryl methyl sites for hydroxylation is 2. The second kappa shape index (κ2) is 11.4. The second-order valence-electron chi connectivity index (χ2n) is 12.9. The SMILES string of the molecule is C=C(CN1CC[C@]2(CCN(c3ccc4[nH]nc(-c5ccc(C)nc5)c4n3)C2=O)C1)N1CCC(c2ncc(-c3ncn(C)n3)s2)CC1. The molecular formula is C33H37N11OS. The molecule has 13 heteroatoms. The minimum absolute atomic E-state index is 0.180. The number of nitrogens with zero attached hydrogens (tertiary/aromatic N) is 10. The molecular weight excluding hydrogens is 599 g/mol. The van der Waals surface area contributed by atoms with Gasteiger partial charge < -0.3 is 4.90 Å². The van der Waals surface area contributed by atoms with Crippen LogP contribution in [-0.4, -0.2) is 94.9 Å². The van der Waals surface area contributed by atoms with E-state index in [1.165, 1.54) is 5.01 Å². The Morgan fingerprint density at radius 1 is 1.07 bits per heavy atom. The molecule has 46 heavy (non-hydrogen) atoms. The monoisotopic (exact) mass is 635 g/mol. The Morgan fingerprint density at radius 2 is 1.91 bits per heavy atom. The zero-order valence-corrected chi connectivity index (χ0v) is 27.0. The maximum atomic E-state index is 14.0. The van der Waals surface area contributed by atoms with E-state index in [9.17, 15) is 4.79 Å². The summed E-state index contributed by atoms with van der Waals surface area (Å²) in [5, 5.41) is 13.2. The highest BCUT2D eigenvalue weighted by atomic mass is 32.1. The molecule has 5 aromatic rings. The van der Waals surface area contributed by atoms with Crippen molar-refractivity contribution in [3.63, 3.8) is 0 Å². The van der Waals surface area contributed by atoms with Gasteiger partial charge in [-0.2, -0.15) is 10.2 Å². The number of anilines is 1. The number of carbonyl (C=O) groups is 1. The summed E-state index contributed by atoms with van der Waals surface area (Å²) in [5.74, 6) is 2.05. The van der Waals surface area contributed by atoms with Crippen molar-refractivity contribution in [2.24, 2.45) is 12.5 Å². The van der Waals surface area contributed by atoms with Gasteiger partial charge in [-0.1, -0.05) is 6.58 Å². The molecule has 0 bridgehead atoms. The van der Waals surface area contributed by atoms with Gasteiger partial charge in [0.15, 0.2) is 5.82 Å². The molecule has 3 aliphatic heterocycles. The molecule has 8 heterocycles. The zero-order valence-electron chi connectivity index (χ0n) is 26.2. The summed E-state index contributed by atoms with van der Waals surface area (Å²) < 4.78 is 1.72. The number of nitrogens with one attached hydrogen (secondary N) is 1. The Morgan fingerprint density at radius 3 is 2.70 bits per heavy atom. The predicted octanol–water partition coefficient (Wildman–Crippen LogP) is 4.40. The molecule has 3 fully saturated rings. The van der Waals surface area contributed by atoms with Crippen LogP contribution in [-0.2, 0) is 11.8 Å². The van der Waals surface area contributed by atoms with Crippen LogP contribution in [0.5, 0.6) is 0 Å². The lowest BCUT2D eigenvalue weighted by molar-refractivity contribution is -0.125. The number of H-pyrrole nitrogens is 1. The average Bonchev–Trinajstić information content (AvgIpc) is 3.91. The van der Waals surface area contributed by atoms with Gasteiger partial charge in [-0.05, 0) is 63.4 Å². The molecule has 236 valence electrons. The van der Waals surface area contributed by atoms with Crippen molar-refractivity contribution < 1.29 is 4.79 Å². The third-order valence-corrected chi connectivity index (χ3v) is 11.0. The molecule has 12 nitrogen and oxygen atoms in total. The van der Waals surface area contributed by atoms with E-state index in [0.29, 0.717) is 18.3 Å². The number of thiazole rings is 1. The summed E-state index contributed by atoms with van der Waals surface area (Å²) >= 11 is 1.71. The Hall–Kier alpha value is -4.49. The van der Waals surface area contributed by atoms with Gasteiger partial charge in [-0.3, -0.25) is 29.4 Å². The predicted molar refractivity (Wildman–Crippen MR) is 177 cm³/mol. The highest BCUT2D eigenvalue weighted by Gasteiger charge is 2.51. The number of aromatic amines is 1. The van der Waals surface area contributed by atoms with Crippen molar-refractivity contribution in [1.29, 1.82) is 0 Å². The molecule has 1 spiro atoms. The molecule has 3 saturated heterocycles. The lowest BCUT2D eigenvalue weighted by Gasteiger charge is -2.35. The van der Waals surface area contributed by atoms with E-state index in [4.69, 9.17) is 9.97 Å². The number of aromatic nitrogens is 8. The Balaban J connectivity index is 0.883. The first-order valence-corrected chi connectivity index (χ1v) is 16.7. The van der Waals surface area contributed by atoms with Gasteiger partial charge in [0.25, 0.3) is 0 Å². The standard InChI is InChI=1S/C33H37N11OS/c1-21-4-5-24(16-34-21)28-29-25(38-39-28)6-7-27(37-29)44-15-11-33(32(44)45)10-14-42(19-33)18-22(2)43-12-8-23(9-13-43)31-35-17-26(46-31)30-36-20-41(3)40-30/h4-7,16-17,20,23H,2,8-15,18-19H2,1,3H3,(H,38,39)/t33-/m0/s1. The molecule has 5 aromatic heterocycles. The smallest absolute Gasteiger partial charge is 0.235 e. The zero-order chi connectivity index (χ0) is 31.4. The topological polar surface area (TPSA) is 125 Å². The molecule has 1 amide bonds. The third kappa shape index (κ3) is 5.17. The van der Waals surface area contributed by atoms with Gasteiger partial charge in [0.1, 0.15) is 23.4 Å². The Labute approximate surface area is 271 Å². The van der Waals surface area contributed by atoms with Crippen molar-refractivity contribution in [1.82, 2.24) is 49.7 Å². The number of rotatable bonds is 7. The highest BCUT2D eigenvalue weighted by Crippen LogP contribution is 2.43. The van der Waals surface area contributed by atoms with Crippen LogP contribution in [0.25, 0.3) is 33.0 Å². The lowest BCUT2D eigenvalue weighted by Crippen LogP contribution is -2.39. The highest BCUT2D eigenvalue weighted by molar-refractivity contribution is 7.15. The number of hydrogen-bond acceptors (Lipinski definition) is 10. The minimum Gasteiger partial charge on any atom is -0.374 e. The number of fused-ring (bicyclic) bond motifs is 1. The molecule has 1 N–H and O–H groups in total. The van der Waals surface area contributed by atoms with Crippen LogP contribution in [0.15, 0.2) is 55.3 Å². The summed E-state index contributed by atoms with van der Waals surface area (Å²) in [7, 11) is 1.88. The van der Waals surface area contributed by atoms with Crippen LogP contribution in [0, 0.1) is 12.3 Å². The summed E-state index contributed by atoms with van der Waals surface area (Å²) in [6, 6.07) is 7.86. The number of amides is 1. The molecule has 0 aliphatic carbocycles. The normalized spacial score (nSPS) is 21.0. The van der Waals surface area contributed by atoms with Crippen molar-refractivity contribution in [2.45, 2.75) is 38.5 Å². The first kappa shape index (κ1) is 28.9. The van der Waals surface area contributed by atoms with Crippen LogP contribution in [0.3, 0.4) is 0 Å². The van der Waals surface area contributed by atoms with E-state index in [1.54, 1.807) is 22.3 Å². The minimum atomic E-state index is -0.366. The third-order valence-electron chi connectivity index (χ3n) is 9.84. The average molecular weight is 636 g/mol. The molecule has 1 atom stereocenters. The quantitative estimate of drug-likeness (QED) is 0.277. The number of carbonyl (C=O) groups excluding carboxylic acids is 1. The summed E-state index contributed by atoms with van der Waals surface area (Å²) in [5.41, 5.74) is 4.97. The number of piperidine rings is 1. The van der Waals surface area contributed by atoms with Gasteiger partial charge in [0, 0.05) is 75.0 Å². The fourth-order valence-electron chi connectivity index (χ4n) is 7.19. The molecule has 0 aromatic carbocycles. The summed E-state index contributed by atoms with van der Waals surface area (Å²) in [6.07, 6.45) is 9.24. The van der Waals surface area contributed by atoms with E-state index >= 15 is 0 Å². The Bertz CT molecular complexity index is 1920. The second-order valence-corrected chi connectivity index (χ2v) is 14.0. The lowest BCUT2D eigenvalue weighted by atomic mass is 9.85. The van der Waals surface area contributed by atoms with Gasteiger partial charge in [0.2, 0.25) is 5.91 Å². The van der Waals surface area contributed by atoms with Crippen LogP contribution in [0.1, 0.15) is 42.3 Å². The van der Waals surface area contributed by atoms with Crippen molar-refractivity contribution in [2.75, 3.05) is 44.2 Å². The fourth-order valence-corrected chi connectivity index (χ4v) is 8.22. The molecule has 8 rings (SSSR count). The van der Waals surface area contributed by atoms with Crippen LogP contribution < -0.4 is 4.90 Å². The van der Waals surface area contributed by atoms with E-state index in [0.717, 1.165) is 103 Å². The van der Waals surface area contributed by atoms with E-state index in [-0.39, 0.29) is 11.3 Å². The van der Waals surface area contributed by atoms with Gasteiger partial charge in [-0.15, -0.1) is 11.3 Å². The largest absolute Gasteiger partial charge is 0.374 e. The first-order chi connectivity index (χ1) is 22.3. The first-order valence-electron chi connectivity index (χ1n) is 15.9. The van der Waals surface area contributed by atoms with Crippen molar-refractivity contribution in [3.8, 4) is 22.0 Å². The molecule has 0 unspecified atom stereocenters. The van der Waals surface area contributed by atoms with Crippen LogP contribution >= 0.6 is 11.3 Å². The maximum Gasteiger partial charge on any atom is 0.235 e. The summed E-state index contributed by atoms with van der Waals surface area (Å²) in [4.78, 5) is 40.1. The number of pyridine rings is 2. The molecule has 0 radical (unpaired) electrons. The van der Waals surface area contributed by atoms with E-state index in [1.807, 2.05) is 55.5 Å². The van der Waals surface area contributed by atoms with Crippen LogP contribution in [0.4, 0.5) is 5.82 Å². The fraction of sp³-hybridized carbons (Fsp3) is 0.424. The van der Waals surface area contributed by atoms with Gasteiger partial charge in [-0.25, -0.2) is 15.0 Å². The molecule has 0 saturated carbocycles. The van der Waals surface area contributed by atoms with E-state index in [2.05, 4.69) is 41.6 Å². The number of likely N-dealkylation sites (tertiary alicyclic amines) is 2. The van der Waals surface area contributed by atoms with E-state index < -0.39 is 0 Å². The molecule has 3 aliphatic rings. The Kier molecular flexibility index (Phi) is 7.17. The van der Waals surface area contributed by atoms with Gasteiger partial charge in [0.05, 0.1) is 20.8 Å². The van der Waals surface area contributed by atoms with Gasteiger partial charge >= 0.3 is 0 Å². The van der Waals surface area contributed by atoms with Crippen molar-refractivity contribution in [3.05, 3.63) is 66.0 Å². The maximum absolute atomic E-state index is 14.0. The summed E-state index contributed by atoms with van der Waals surface area (Å²) in [6.45, 7) is 11.5. The van der Waals surface area contributed by atoms with Crippen LogP contribution in [0.2, 0.25) is 0 Å². The number of hydrogen-bond donors (Lipinski definition) is 1.